The highest BCUT2D eigenvalue weighted by Crippen LogP contribution is 2.25. The molecule has 1 saturated heterocycles. The molecule has 47 heavy (non-hydrogen) atoms. The molecule has 0 saturated carbocycles. The van der Waals surface area contributed by atoms with Gasteiger partial charge in [0.15, 0.2) is 6.79 Å². The van der Waals surface area contributed by atoms with Crippen molar-refractivity contribution in [1.82, 2.24) is 10.4 Å². The number of hydrogen-bond donors (Lipinski definition) is 2. The van der Waals surface area contributed by atoms with Crippen LogP contribution in [-0.2, 0) is 19.0 Å². The fourth-order valence-corrected chi connectivity index (χ4v) is 5.18. The number of hydroxylamine groups is 2. The van der Waals surface area contributed by atoms with E-state index in [1.807, 2.05) is 25.1 Å². The molecule has 250 valence electrons. The maximum atomic E-state index is 13.4. The topological polar surface area (TPSA) is 133 Å². The smallest absolute Gasteiger partial charge is 0.508 e. The number of nitrogens with one attached hydrogen (secondary N) is 1. The summed E-state index contributed by atoms with van der Waals surface area (Å²) in [6.45, 7) is 7.59. The highest BCUT2D eigenvalue weighted by Gasteiger charge is 2.34. The molecular formula is C35H40N2O9S. The second kappa shape index (κ2) is 15.9. The molecule has 11 nitrogen and oxygen atoms in total. The lowest BCUT2D eigenvalue weighted by molar-refractivity contribution is -0.144. The first-order valence-electron chi connectivity index (χ1n) is 15.2. The van der Waals surface area contributed by atoms with Crippen LogP contribution in [0.4, 0.5) is 4.79 Å². The molecule has 2 atom stereocenters. The van der Waals surface area contributed by atoms with E-state index in [-0.39, 0.29) is 19.1 Å². The molecule has 0 unspecified atom stereocenters. The Hall–Kier alpha value is -4.52. The number of aromatic hydroxyl groups is 1. The molecule has 0 aliphatic carbocycles. The summed E-state index contributed by atoms with van der Waals surface area (Å²) >= 11 is 5.77. The lowest BCUT2D eigenvalue weighted by Crippen LogP contribution is -2.50. The van der Waals surface area contributed by atoms with Gasteiger partial charge in [-0.2, -0.15) is 0 Å². The Kier molecular flexibility index (Phi) is 11.9. The van der Waals surface area contributed by atoms with Crippen molar-refractivity contribution in [2.45, 2.75) is 58.3 Å². The third-order valence-electron chi connectivity index (χ3n) is 7.14. The third kappa shape index (κ3) is 10.2. The molecule has 1 heterocycles. The first kappa shape index (κ1) is 35.3. The van der Waals surface area contributed by atoms with E-state index in [0.717, 1.165) is 11.1 Å². The average Bonchev–Trinajstić information content (AvgIpc) is 3.20. The summed E-state index contributed by atoms with van der Waals surface area (Å²) < 4.78 is 22.0. The van der Waals surface area contributed by atoms with Crippen molar-refractivity contribution in [3.05, 3.63) is 94.5 Å². The van der Waals surface area contributed by atoms with Crippen LogP contribution in [0.25, 0.3) is 0 Å². The van der Waals surface area contributed by atoms with Crippen LogP contribution in [-0.4, -0.2) is 77.8 Å². The van der Waals surface area contributed by atoms with E-state index in [0.29, 0.717) is 46.7 Å². The van der Waals surface area contributed by atoms with Gasteiger partial charge in [-0.05, 0) is 94.6 Å². The van der Waals surface area contributed by atoms with Gasteiger partial charge in [0.1, 0.15) is 23.2 Å². The summed E-state index contributed by atoms with van der Waals surface area (Å²) in [6.07, 6.45) is -0.731. The van der Waals surface area contributed by atoms with E-state index in [1.54, 1.807) is 52.1 Å². The molecule has 0 spiro atoms. The van der Waals surface area contributed by atoms with Gasteiger partial charge in [-0.3, -0.25) is 4.79 Å². The Bertz CT molecular complexity index is 1570. The van der Waals surface area contributed by atoms with E-state index in [1.165, 1.54) is 29.3 Å². The van der Waals surface area contributed by atoms with E-state index in [4.69, 9.17) is 36.0 Å². The molecule has 1 aliphatic rings. The molecule has 12 heteroatoms. The van der Waals surface area contributed by atoms with Crippen LogP contribution in [0.1, 0.15) is 71.0 Å². The predicted octanol–water partition coefficient (Wildman–Crippen LogP) is 5.74. The van der Waals surface area contributed by atoms with Gasteiger partial charge in [0, 0.05) is 24.8 Å². The van der Waals surface area contributed by atoms with Crippen molar-refractivity contribution in [1.29, 1.82) is 0 Å². The van der Waals surface area contributed by atoms with Crippen molar-refractivity contribution in [2.24, 2.45) is 0 Å². The van der Waals surface area contributed by atoms with Gasteiger partial charge in [-0.1, -0.05) is 36.0 Å². The highest BCUT2D eigenvalue weighted by atomic mass is 32.1. The van der Waals surface area contributed by atoms with Crippen molar-refractivity contribution in [3.63, 3.8) is 0 Å². The van der Waals surface area contributed by atoms with Crippen LogP contribution in [0.2, 0.25) is 0 Å². The largest absolute Gasteiger partial charge is 0.528 e. The molecule has 3 aromatic rings. The summed E-state index contributed by atoms with van der Waals surface area (Å²) in [5, 5.41) is 13.9. The Labute approximate surface area is 279 Å². The molecule has 1 fully saturated rings. The summed E-state index contributed by atoms with van der Waals surface area (Å²) in [4.78, 5) is 45.0. The van der Waals surface area contributed by atoms with Crippen LogP contribution in [0, 0.1) is 6.92 Å². The minimum Gasteiger partial charge on any atom is -0.508 e. The number of nitrogens with zero attached hydrogens (tertiary/aromatic N) is 1. The van der Waals surface area contributed by atoms with Crippen LogP contribution < -0.4 is 10.1 Å². The van der Waals surface area contributed by atoms with Gasteiger partial charge in [0.2, 0.25) is 0 Å². The average molecular weight is 665 g/mol. The molecule has 0 aromatic heterocycles. The zero-order chi connectivity index (χ0) is 34.1. The number of thiocarbonyl (C=S) groups is 1. The zero-order valence-electron chi connectivity index (χ0n) is 27.1. The predicted molar refractivity (Wildman–Crippen MR) is 178 cm³/mol. The summed E-state index contributed by atoms with van der Waals surface area (Å²) in [7, 11) is 1.54. The van der Waals surface area contributed by atoms with E-state index >= 15 is 0 Å². The second-order valence-electron chi connectivity index (χ2n) is 12.1. The Morgan fingerprint density at radius 2 is 1.64 bits per heavy atom. The number of ether oxygens (including phenoxy) is 4. The fourth-order valence-electron chi connectivity index (χ4n) is 4.89. The van der Waals surface area contributed by atoms with Crippen molar-refractivity contribution in [3.8, 4) is 11.5 Å². The molecule has 0 bridgehead atoms. The number of esters is 1. The normalized spacial score (nSPS) is 16.8. The number of methoxy groups -OCH3 is 1. The number of phenolic OH excluding ortho intramolecular Hbond substituents is 1. The standard InChI is InChI=1S/C35H40N2O9S/c1-22-8-17-29(43-21-42-5)27(19-22)31(47)23-9-11-25(12-10-23)33(40)44-30-7-6-18-37(46-34(41)45-35(2,3)4)20-28(30)36-32(39)24-13-15-26(38)16-14-24/h8-17,19,28,30,38H,6-7,18,20-21H2,1-5H3,(H,36,39)/t28-,30-/m1/s1. The number of rotatable bonds is 10. The number of carbonyl (C=O) groups excluding carboxylic acids is 3. The first-order valence-corrected chi connectivity index (χ1v) is 15.6. The van der Waals surface area contributed by atoms with Crippen LogP contribution in [0.15, 0.2) is 66.7 Å². The Morgan fingerprint density at radius 3 is 2.30 bits per heavy atom. The number of carbonyl (C=O) groups is 3. The number of amides is 1. The number of benzene rings is 3. The minimum atomic E-state index is -0.877. The Morgan fingerprint density at radius 1 is 0.979 bits per heavy atom. The van der Waals surface area contributed by atoms with Crippen LogP contribution in [0.3, 0.4) is 0 Å². The SMILES string of the molecule is COCOc1ccc(C)cc1C(=S)c1ccc(C(=O)O[C@@H]2CCCN(OC(=O)OC(C)(C)C)C[C@H]2NC(=O)c2ccc(O)cc2)cc1. The van der Waals surface area contributed by atoms with Gasteiger partial charge >= 0.3 is 12.1 Å². The van der Waals surface area contributed by atoms with Crippen molar-refractivity contribution in [2.75, 3.05) is 27.0 Å². The van der Waals surface area contributed by atoms with Gasteiger partial charge in [-0.15, -0.1) is 5.06 Å². The monoisotopic (exact) mass is 664 g/mol. The summed E-state index contributed by atoms with van der Waals surface area (Å²) in [6, 6.07) is 17.5. The minimum absolute atomic E-state index is 0.0188. The van der Waals surface area contributed by atoms with Crippen LogP contribution in [0.5, 0.6) is 11.5 Å². The maximum absolute atomic E-state index is 13.4. The molecule has 4 rings (SSSR count). The van der Waals surface area contributed by atoms with Crippen LogP contribution >= 0.6 is 12.2 Å². The lowest BCUT2D eigenvalue weighted by atomic mass is 10.0. The molecule has 1 aliphatic heterocycles. The summed E-state index contributed by atoms with van der Waals surface area (Å²) in [5.41, 5.74) is 2.30. The first-order chi connectivity index (χ1) is 22.3. The van der Waals surface area contributed by atoms with Gasteiger partial charge in [-0.25, -0.2) is 9.59 Å². The molecule has 3 aromatic carbocycles. The number of hydrogen-bond acceptors (Lipinski definition) is 11. The molecule has 0 radical (unpaired) electrons. The molecular weight excluding hydrogens is 624 g/mol. The molecule has 2 N–H and O–H groups in total. The van der Waals surface area contributed by atoms with Crippen molar-refractivity contribution >= 4 is 35.1 Å². The Balaban J connectivity index is 1.50. The molecule has 1 amide bonds. The van der Waals surface area contributed by atoms with Crippen molar-refractivity contribution < 1.29 is 43.3 Å². The maximum Gasteiger partial charge on any atom is 0.528 e. The third-order valence-corrected chi connectivity index (χ3v) is 7.59. The van der Waals surface area contributed by atoms with E-state index in [2.05, 4.69) is 5.32 Å². The number of aryl methyl sites for hydroxylation is 1. The lowest BCUT2D eigenvalue weighted by Gasteiger charge is -2.29. The van der Waals surface area contributed by atoms with Gasteiger partial charge in [0.05, 0.1) is 23.0 Å². The fraction of sp³-hybridized carbons (Fsp3) is 0.371. The quantitative estimate of drug-likeness (QED) is 0.119. The zero-order valence-corrected chi connectivity index (χ0v) is 27.9. The van der Waals surface area contributed by atoms with Gasteiger partial charge < -0.3 is 34.2 Å². The van der Waals surface area contributed by atoms with E-state index < -0.39 is 35.8 Å². The highest BCUT2D eigenvalue weighted by molar-refractivity contribution is 7.81. The van der Waals surface area contributed by atoms with E-state index in [9.17, 15) is 19.5 Å². The second-order valence-corrected chi connectivity index (χ2v) is 12.5. The number of phenols is 1. The summed E-state index contributed by atoms with van der Waals surface area (Å²) in [5.74, 6) is -0.426. The van der Waals surface area contributed by atoms with Gasteiger partial charge in [0.25, 0.3) is 5.91 Å².